The number of benzene rings is 2. The Bertz CT molecular complexity index is 1030. The number of hydrogen-bond donors (Lipinski definition) is 1. The van der Waals surface area contributed by atoms with Crippen LogP contribution in [-0.4, -0.2) is 18.5 Å². The molecule has 0 aliphatic rings. The number of anilines is 1. The topological polar surface area (TPSA) is 93.3 Å². The Kier molecular flexibility index (Phi) is 7.07. The van der Waals surface area contributed by atoms with E-state index in [4.69, 9.17) is 9.15 Å². The molecule has 0 saturated carbocycles. The third-order valence-electron chi connectivity index (χ3n) is 3.51. The quantitative estimate of drug-likeness (QED) is 0.284. The molecule has 0 bridgehead atoms. The molecule has 29 heavy (non-hydrogen) atoms. The molecule has 7 nitrogen and oxygen atoms in total. The smallest absolute Gasteiger partial charge is 0.331 e. The highest BCUT2D eigenvalue weighted by molar-refractivity contribution is 9.10. The first-order chi connectivity index (χ1) is 14.1. The summed E-state index contributed by atoms with van der Waals surface area (Å²) in [7, 11) is 0. The molecule has 0 spiro atoms. The summed E-state index contributed by atoms with van der Waals surface area (Å²) in [4.78, 5) is 23.6. The molecule has 0 radical (unpaired) electrons. The first-order valence-corrected chi connectivity index (χ1v) is 9.35. The van der Waals surface area contributed by atoms with Gasteiger partial charge in [0, 0.05) is 11.8 Å². The second kappa shape index (κ2) is 10.1. The van der Waals surface area contributed by atoms with Gasteiger partial charge in [0.25, 0.3) is 5.91 Å². The third kappa shape index (κ3) is 6.86. The SMILES string of the molecule is O=C(COC(=O)C=Cc1ccc(Br)o1)Nc1ccc(N=Nc2ccccc2)cc1. The number of ether oxygens (including phenoxy) is 1. The average molecular weight is 454 g/mol. The van der Waals surface area contributed by atoms with E-state index in [1.165, 1.54) is 12.2 Å². The van der Waals surface area contributed by atoms with Gasteiger partial charge in [-0.05, 0) is 70.5 Å². The Morgan fingerprint density at radius 1 is 0.966 bits per heavy atom. The van der Waals surface area contributed by atoms with Crippen molar-refractivity contribution in [3.63, 3.8) is 0 Å². The maximum Gasteiger partial charge on any atom is 0.331 e. The van der Waals surface area contributed by atoms with Gasteiger partial charge in [0.1, 0.15) is 5.76 Å². The molecule has 3 rings (SSSR count). The van der Waals surface area contributed by atoms with Gasteiger partial charge in [0.2, 0.25) is 0 Å². The number of halogens is 1. The zero-order valence-electron chi connectivity index (χ0n) is 15.1. The molecule has 0 aliphatic heterocycles. The number of nitrogens with zero attached hydrogens (tertiary/aromatic N) is 2. The maximum atomic E-state index is 11.9. The van der Waals surface area contributed by atoms with Crippen molar-refractivity contribution >= 4 is 50.9 Å². The van der Waals surface area contributed by atoms with Gasteiger partial charge in [0.05, 0.1) is 11.4 Å². The molecule has 3 aromatic rings. The highest BCUT2D eigenvalue weighted by Crippen LogP contribution is 2.20. The second-order valence-electron chi connectivity index (χ2n) is 5.71. The van der Waals surface area contributed by atoms with Crippen LogP contribution >= 0.6 is 15.9 Å². The number of hydrogen-bond acceptors (Lipinski definition) is 6. The van der Waals surface area contributed by atoms with Crippen molar-refractivity contribution in [3.8, 4) is 0 Å². The highest BCUT2D eigenvalue weighted by Gasteiger charge is 2.06. The molecule has 1 N–H and O–H groups in total. The van der Waals surface area contributed by atoms with Crippen molar-refractivity contribution in [2.45, 2.75) is 0 Å². The van der Waals surface area contributed by atoms with E-state index in [1.54, 1.807) is 36.4 Å². The van der Waals surface area contributed by atoms with Crippen LogP contribution in [-0.2, 0) is 14.3 Å². The molecule has 8 heteroatoms. The van der Waals surface area contributed by atoms with E-state index < -0.39 is 18.5 Å². The van der Waals surface area contributed by atoms with E-state index in [2.05, 4.69) is 31.5 Å². The molecule has 0 fully saturated rings. The minimum absolute atomic E-state index is 0.402. The fourth-order valence-electron chi connectivity index (χ4n) is 2.17. The van der Waals surface area contributed by atoms with E-state index in [-0.39, 0.29) is 0 Å². The lowest BCUT2D eigenvalue weighted by Crippen LogP contribution is -2.20. The lowest BCUT2D eigenvalue weighted by atomic mass is 10.3. The Labute approximate surface area is 175 Å². The van der Waals surface area contributed by atoms with Crippen molar-refractivity contribution < 1.29 is 18.7 Å². The molecule has 1 aromatic heterocycles. The number of rotatable bonds is 7. The third-order valence-corrected chi connectivity index (χ3v) is 3.94. The number of azo groups is 1. The van der Waals surface area contributed by atoms with Crippen molar-refractivity contribution in [2.75, 3.05) is 11.9 Å². The molecule has 0 atom stereocenters. The number of furan rings is 1. The summed E-state index contributed by atoms with van der Waals surface area (Å²) in [6.07, 6.45) is 2.64. The van der Waals surface area contributed by atoms with Crippen LogP contribution in [0.15, 0.2) is 92.1 Å². The zero-order chi connectivity index (χ0) is 20.5. The summed E-state index contributed by atoms with van der Waals surface area (Å²) >= 11 is 3.16. The van der Waals surface area contributed by atoms with Gasteiger partial charge in [-0.15, -0.1) is 0 Å². The van der Waals surface area contributed by atoms with Crippen molar-refractivity contribution in [1.82, 2.24) is 0 Å². The van der Waals surface area contributed by atoms with Crippen molar-refractivity contribution in [1.29, 1.82) is 0 Å². The molecule has 2 aromatic carbocycles. The molecular weight excluding hydrogens is 438 g/mol. The molecule has 1 heterocycles. The van der Waals surface area contributed by atoms with E-state index in [1.807, 2.05) is 30.3 Å². The summed E-state index contributed by atoms with van der Waals surface area (Å²) in [5.41, 5.74) is 1.95. The summed E-state index contributed by atoms with van der Waals surface area (Å²) in [5.74, 6) is -0.613. The first-order valence-electron chi connectivity index (χ1n) is 8.55. The molecular formula is C21H16BrN3O4. The number of carbonyl (C=O) groups is 2. The maximum absolute atomic E-state index is 11.9. The van der Waals surface area contributed by atoms with Gasteiger partial charge in [-0.3, -0.25) is 4.79 Å². The van der Waals surface area contributed by atoms with Gasteiger partial charge < -0.3 is 14.5 Å². The fourth-order valence-corrected chi connectivity index (χ4v) is 2.49. The monoisotopic (exact) mass is 453 g/mol. The molecule has 1 amide bonds. The molecule has 0 saturated heterocycles. The van der Waals surface area contributed by atoms with E-state index >= 15 is 0 Å². The Morgan fingerprint density at radius 3 is 2.31 bits per heavy atom. The molecule has 0 aliphatic carbocycles. The van der Waals surface area contributed by atoms with E-state index in [0.29, 0.717) is 21.8 Å². The minimum atomic E-state index is -0.649. The van der Waals surface area contributed by atoms with Gasteiger partial charge in [-0.1, -0.05) is 18.2 Å². The summed E-state index contributed by atoms with van der Waals surface area (Å²) in [6, 6.07) is 19.6. The predicted octanol–water partition coefficient (Wildman–Crippen LogP) is 5.65. The van der Waals surface area contributed by atoms with Crippen LogP contribution in [0.1, 0.15) is 5.76 Å². The van der Waals surface area contributed by atoms with Gasteiger partial charge in [-0.2, -0.15) is 10.2 Å². The van der Waals surface area contributed by atoms with Gasteiger partial charge in [-0.25, -0.2) is 4.79 Å². The van der Waals surface area contributed by atoms with Crippen LogP contribution in [0.3, 0.4) is 0 Å². The molecule has 146 valence electrons. The lowest BCUT2D eigenvalue weighted by Gasteiger charge is -2.05. The van der Waals surface area contributed by atoms with Crippen LogP contribution in [0.25, 0.3) is 6.08 Å². The van der Waals surface area contributed by atoms with E-state index in [0.717, 1.165) is 5.69 Å². The summed E-state index contributed by atoms with van der Waals surface area (Å²) in [6.45, 7) is -0.402. The van der Waals surface area contributed by atoms with Gasteiger partial charge in [0.15, 0.2) is 11.3 Å². The first kappa shape index (κ1) is 20.2. The summed E-state index contributed by atoms with van der Waals surface area (Å²) in [5, 5.41) is 10.9. The second-order valence-corrected chi connectivity index (χ2v) is 6.50. The number of nitrogens with one attached hydrogen (secondary N) is 1. The largest absolute Gasteiger partial charge is 0.452 e. The van der Waals surface area contributed by atoms with Gasteiger partial charge >= 0.3 is 5.97 Å². The Balaban J connectivity index is 1.44. The fraction of sp³-hybridized carbons (Fsp3) is 0.0476. The van der Waals surface area contributed by atoms with Crippen molar-refractivity contribution in [3.05, 3.63) is 83.2 Å². The zero-order valence-corrected chi connectivity index (χ0v) is 16.7. The predicted molar refractivity (Wildman–Crippen MR) is 112 cm³/mol. The lowest BCUT2D eigenvalue weighted by molar-refractivity contribution is -0.142. The minimum Gasteiger partial charge on any atom is -0.452 e. The van der Waals surface area contributed by atoms with Crippen LogP contribution in [0.5, 0.6) is 0 Å². The van der Waals surface area contributed by atoms with Crippen LogP contribution in [0.2, 0.25) is 0 Å². The molecule has 0 unspecified atom stereocenters. The highest BCUT2D eigenvalue weighted by atomic mass is 79.9. The summed E-state index contributed by atoms with van der Waals surface area (Å²) < 4.78 is 10.7. The Hall–Kier alpha value is -3.52. The van der Waals surface area contributed by atoms with Crippen LogP contribution in [0.4, 0.5) is 17.1 Å². The van der Waals surface area contributed by atoms with Crippen LogP contribution < -0.4 is 5.32 Å². The normalized spacial score (nSPS) is 11.1. The van der Waals surface area contributed by atoms with Crippen LogP contribution in [0, 0.1) is 0 Å². The standard InChI is InChI=1S/C21H16BrN3O4/c22-19-12-10-18(29-19)11-13-21(27)28-14-20(26)23-15-6-8-17(9-7-15)25-24-16-4-2-1-3-5-16/h1-13H,14H2,(H,23,26). The number of amides is 1. The number of esters is 1. The Morgan fingerprint density at radius 2 is 1.66 bits per heavy atom. The average Bonchev–Trinajstić information content (AvgIpc) is 3.16. The van der Waals surface area contributed by atoms with E-state index in [9.17, 15) is 9.59 Å². The van der Waals surface area contributed by atoms with Crippen molar-refractivity contribution in [2.24, 2.45) is 10.2 Å². The number of carbonyl (C=O) groups excluding carboxylic acids is 2.